The Hall–Kier alpha value is -5.47. The van der Waals surface area contributed by atoms with Gasteiger partial charge in [0, 0.05) is 12.3 Å². The van der Waals surface area contributed by atoms with Crippen molar-refractivity contribution in [3.05, 3.63) is 164 Å². The number of aromatic nitrogens is 5. The monoisotopic (exact) mass is 1030 g/mol. The highest BCUT2D eigenvalue weighted by molar-refractivity contribution is 5.79. The molecule has 76 heavy (non-hydrogen) atoms. The molecule has 5 aromatic rings. The predicted molar refractivity (Wildman–Crippen MR) is 289 cm³/mol. The lowest BCUT2D eigenvalue weighted by Crippen LogP contribution is -2.65. The lowest BCUT2D eigenvalue weighted by Gasteiger charge is -2.71. The first-order chi connectivity index (χ1) is 36.3. The first kappa shape index (κ1) is 52.6. The number of aliphatic hydroxyl groups is 1. The summed E-state index contributed by atoms with van der Waals surface area (Å²) < 4.78 is 31.2. The highest BCUT2D eigenvalue weighted by Gasteiger charge is 2.69. The molecule has 2 aromatic heterocycles. The van der Waals surface area contributed by atoms with Crippen molar-refractivity contribution < 1.29 is 28.8 Å². The second kappa shape index (κ2) is 20.1. The van der Waals surface area contributed by atoms with Gasteiger partial charge in [-0.05, 0) is 126 Å². The quantitative estimate of drug-likeness (QED) is 0.0841. The second-order valence-electron chi connectivity index (χ2n) is 25.8. The van der Waals surface area contributed by atoms with E-state index in [-0.39, 0.29) is 78.0 Å². The smallest absolute Gasteiger partial charge is 0.333 e. The van der Waals surface area contributed by atoms with Gasteiger partial charge in [-0.2, -0.15) is 0 Å². The van der Waals surface area contributed by atoms with Crippen molar-refractivity contribution in [3.63, 3.8) is 0 Å². The first-order valence-electron chi connectivity index (χ1n) is 28.1. The molecule has 0 unspecified atom stereocenters. The summed E-state index contributed by atoms with van der Waals surface area (Å²) in [4.78, 5) is 42.8. The number of carbonyl (C=O) groups excluding carboxylic acids is 1. The Kier molecular flexibility index (Phi) is 13.9. The number of carbonyl (C=O) groups is 1. The SMILES string of the molecule is CC1(C)CC[C@]2(C(=O)OCc3cn(C[C@H]4O[C@@H](n5ccc(=O)n(Cc6ccccc6)c5=O)[C@H](OCc5ccccc5)[C@@H]4OCc4ccccc4)nn3)CC[C@]3(C)C(=CC[C@@H]4[C@@]5(C)CC[C@H](O)C(C)(C)[C@@H]5CC[C@]43C)[C@@H]2C1. The van der Waals surface area contributed by atoms with E-state index in [1.54, 1.807) is 10.9 Å². The molecule has 1 N–H and O–H groups in total. The zero-order valence-corrected chi connectivity index (χ0v) is 45.7. The van der Waals surface area contributed by atoms with Gasteiger partial charge in [0.25, 0.3) is 5.56 Å². The highest BCUT2D eigenvalue weighted by atomic mass is 16.6. The molecule has 12 atom stereocenters. The number of benzene rings is 3. The molecule has 0 spiro atoms. The number of hydrogen-bond donors (Lipinski definition) is 1. The Morgan fingerprint density at radius 1 is 0.737 bits per heavy atom. The molecule has 0 radical (unpaired) electrons. The molecular weight excluding hydrogens is 955 g/mol. The standard InChI is InChI=1S/C63H79N5O8/c1-58(2)30-32-63(33-31-61(6)46(47(63)35-58)23-24-50-60(5)28-26-51(69)59(3,4)49(60)25-29-62(50,61)7)56(71)75-41-45-37-66(65-64-45)38-48-53(73-39-43-19-13-9-14-20-43)54(74-40-44-21-15-10-16-22-44)55(76-48)67-34-27-52(70)68(57(67)72)36-42-17-11-8-12-18-42/h8-23,27,34,37,47-51,53-55,69H,24-26,28-33,35-36,38-41H2,1-7H3/t47-,48+,49-,50+,51-,53+,54+,55+,60-,61+,62+,63-/m0/s1. The molecule has 0 amide bonds. The second-order valence-corrected chi connectivity index (χ2v) is 25.8. The molecule has 6 aliphatic rings. The van der Waals surface area contributed by atoms with Crippen LogP contribution >= 0.6 is 0 Å². The average Bonchev–Trinajstić information content (AvgIpc) is 4.12. The topological polar surface area (TPSA) is 149 Å². The van der Waals surface area contributed by atoms with Gasteiger partial charge in [0.1, 0.15) is 30.6 Å². The van der Waals surface area contributed by atoms with Crippen molar-refractivity contribution in [1.82, 2.24) is 24.1 Å². The van der Waals surface area contributed by atoms with Crippen molar-refractivity contribution in [3.8, 4) is 0 Å². The van der Waals surface area contributed by atoms with E-state index < -0.39 is 41.2 Å². The van der Waals surface area contributed by atoms with Crippen LogP contribution in [-0.4, -0.2) is 59.6 Å². The van der Waals surface area contributed by atoms with Gasteiger partial charge in [-0.1, -0.05) is 156 Å². The summed E-state index contributed by atoms with van der Waals surface area (Å²) in [7, 11) is 0. The molecule has 1 aliphatic heterocycles. The molecule has 404 valence electrons. The van der Waals surface area contributed by atoms with E-state index in [1.807, 2.05) is 91.0 Å². The van der Waals surface area contributed by atoms with E-state index in [9.17, 15) is 14.7 Å². The van der Waals surface area contributed by atoms with E-state index in [0.29, 0.717) is 17.5 Å². The molecule has 11 rings (SSSR count). The summed E-state index contributed by atoms with van der Waals surface area (Å²) in [6.45, 7) is 17.8. The molecule has 0 bridgehead atoms. The van der Waals surface area contributed by atoms with Crippen LogP contribution in [0.4, 0.5) is 0 Å². The van der Waals surface area contributed by atoms with Gasteiger partial charge in [0.05, 0.1) is 44.0 Å². The molecule has 1 saturated heterocycles. The van der Waals surface area contributed by atoms with Crippen LogP contribution in [0.5, 0.6) is 0 Å². The average molecular weight is 1030 g/mol. The lowest BCUT2D eigenvalue weighted by molar-refractivity contribution is -0.206. The van der Waals surface area contributed by atoms with Crippen molar-refractivity contribution in [2.75, 3.05) is 0 Å². The number of esters is 1. The number of aliphatic hydroxyl groups excluding tert-OH is 1. The first-order valence-corrected chi connectivity index (χ1v) is 28.1. The molecule has 4 saturated carbocycles. The molecule has 3 heterocycles. The maximum absolute atomic E-state index is 15.1. The number of nitrogens with zero attached hydrogens (tertiary/aromatic N) is 5. The summed E-state index contributed by atoms with van der Waals surface area (Å²) in [6.07, 6.45) is 12.1. The van der Waals surface area contributed by atoms with Crippen LogP contribution in [0.25, 0.3) is 0 Å². The molecule has 13 heteroatoms. The largest absolute Gasteiger partial charge is 0.459 e. The Balaban J connectivity index is 0.846. The minimum atomic E-state index is -0.974. The number of rotatable bonds is 14. The maximum Gasteiger partial charge on any atom is 0.333 e. The summed E-state index contributed by atoms with van der Waals surface area (Å²) in [5.74, 6) is 0.950. The van der Waals surface area contributed by atoms with E-state index in [0.717, 1.165) is 80.9 Å². The van der Waals surface area contributed by atoms with Crippen LogP contribution in [0, 0.1) is 50.2 Å². The zero-order valence-electron chi connectivity index (χ0n) is 45.7. The van der Waals surface area contributed by atoms with Crippen LogP contribution in [0.1, 0.15) is 141 Å². The lowest BCUT2D eigenvalue weighted by atomic mass is 9.33. The van der Waals surface area contributed by atoms with Crippen molar-refractivity contribution in [2.24, 2.45) is 50.2 Å². The summed E-state index contributed by atoms with van der Waals surface area (Å²) in [6, 6.07) is 30.5. The Morgan fingerprint density at radius 3 is 2.07 bits per heavy atom. The third-order valence-electron chi connectivity index (χ3n) is 20.7. The zero-order chi connectivity index (χ0) is 53.3. The number of fused-ring (bicyclic) bond motifs is 7. The molecule has 13 nitrogen and oxygen atoms in total. The number of ether oxygens (including phenoxy) is 4. The van der Waals surface area contributed by atoms with Crippen LogP contribution < -0.4 is 11.2 Å². The summed E-state index contributed by atoms with van der Waals surface area (Å²) in [5.41, 5.74) is 3.32. The van der Waals surface area contributed by atoms with Crippen LogP contribution in [0.15, 0.2) is 131 Å². The third kappa shape index (κ3) is 9.18. The maximum atomic E-state index is 15.1. The number of hydrogen-bond acceptors (Lipinski definition) is 10. The van der Waals surface area contributed by atoms with Crippen LogP contribution in [0.3, 0.4) is 0 Å². The normalized spacial score (nSPS) is 34.2. The fraction of sp³-hybridized carbons (Fsp3) is 0.571. The van der Waals surface area contributed by atoms with E-state index >= 15 is 4.79 Å². The fourth-order valence-electron chi connectivity index (χ4n) is 16.2. The highest BCUT2D eigenvalue weighted by Crippen LogP contribution is 2.76. The van der Waals surface area contributed by atoms with E-state index in [4.69, 9.17) is 18.9 Å². The Morgan fingerprint density at radius 2 is 1.38 bits per heavy atom. The van der Waals surface area contributed by atoms with Crippen molar-refractivity contribution in [1.29, 1.82) is 0 Å². The van der Waals surface area contributed by atoms with E-state index in [1.165, 1.54) is 27.0 Å². The van der Waals surface area contributed by atoms with E-state index in [2.05, 4.69) is 64.9 Å². The van der Waals surface area contributed by atoms with Crippen molar-refractivity contribution >= 4 is 5.97 Å². The van der Waals surface area contributed by atoms with Crippen LogP contribution in [0.2, 0.25) is 0 Å². The fourth-order valence-corrected chi connectivity index (χ4v) is 16.2. The predicted octanol–water partition coefficient (Wildman–Crippen LogP) is 10.6. The van der Waals surface area contributed by atoms with Gasteiger partial charge < -0.3 is 24.1 Å². The van der Waals surface area contributed by atoms with Gasteiger partial charge in [-0.15, -0.1) is 5.10 Å². The molecular formula is C63H79N5O8. The van der Waals surface area contributed by atoms with Gasteiger partial charge in [0.2, 0.25) is 0 Å². The minimum Gasteiger partial charge on any atom is -0.459 e. The van der Waals surface area contributed by atoms with Gasteiger partial charge >= 0.3 is 11.7 Å². The van der Waals surface area contributed by atoms with Crippen molar-refractivity contribution in [2.45, 2.75) is 176 Å². The van der Waals surface area contributed by atoms with Crippen LogP contribution in [-0.2, 0) is 56.7 Å². The summed E-state index contributed by atoms with van der Waals surface area (Å²) >= 11 is 0. The minimum absolute atomic E-state index is 0.0164. The summed E-state index contributed by atoms with van der Waals surface area (Å²) in [5, 5.41) is 20.3. The Labute approximate surface area is 448 Å². The number of allylic oxidation sites excluding steroid dienone is 2. The molecule has 5 aliphatic carbocycles. The Bertz CT molecular complexity index is 3040. The van der Waals surface area contributed by atoms with Gasteiger partial charge in [-0.25, -0.2) is 9.48 Å². The van der Waals surface area contributed by atoms with Gasteiger partial charge in [0.15, 0.2) is 6.23 Å². The third-order valence-corrected chi connectivity index (χ3v) is 20.7. The molecule has 3 aromatic carbocycles. The molecule has 5 fully saturated rings. The van der Waals surface area contributed by atoms with Gasteiger partial charge in [-0.3, -0.25) is 18.7 Å².